The van der Waals surface area contributed by atoms with Gasteiger partial charge in [-0.3, -0.25) is 9.78 Å². The molecular formula is C21H17F2N3O. The van der Waals surface area contributed by atoms with E-state index in [0.29, 0.717) is 5.56 Å². The molecule has 1 N–H and O–H groups in total. The Morgan fingerprint density at radius 1 is 1.11 bits per heavy atom. The SMILES string of the molecule is CC1Cc2ccccc2N1c1cncc(C(=O)Nc2ccc(F)c(F)c2)c1. The molecular weight excluding hydrogens is 348 g/mol. The van der Waals surface area contributed by atoms with Gasteiger partial charge in [-0.1, -0.05) is 18.2 Å². The first-order chi connectivity index (χ1) is 13.0. The lowest BCUT2D eigenvalue weighted by Gasteiger charge is -2.25. The van der Waals surface area contributed by atoms with Crippen LogP contribution in [0.1, 0.15) is 22.8 Å². The Hall–Kier alpha value is -3.28. The van der Waals surface area contributed by atoms with Crippen molar-refractivity contribution < 1.29 is 13.6 Å². The first-order valence-corrected chi connectivity index (χ1v) is 8.61. The summed E-state index contributed by atoms with van der Waals surface area (Å²) in [5, 5.41) is 2.57. The third-order valence-electron chi connectivity index (χ3n) is 4.65. The van der Waals surface area contributed by atoms with E-state index >= 15 is 0 Å². The van der Waals surface area contributed by atoms with Crippen LogP contribution < -0.4 is 10.2 Å². The second-order valence-electron chi connectivity index (χ2n) is 6.57. The van der Waals surface area contributed by atoms with E-state index in [2.05, 4.69) is 28.2 Å². The van der Waals surface area contributed by atoms with Crippen LogP contribution in [0.2, 0.25) is 0 Å². The minimum atomic E-state index is -1.01. The summed E-state index contributed by atoms with van der Waals surface area (Å²) >= 11 is 0. The number of nitrogens with zero attached hydrogens (tertiary/aromatic N) is 2. The van der Waals surface area contributed by atoms with Gasteiger partial charge in [-0.2, -0.15) is 0 Å². The van der Waals surface area contributed by atoms with Crippen molar-refractivity contribution in [1.29, 1.82) is 0 Å². The lowest BCUT2D eigenvalue weighted by molar-refractivity contribution is 0.102. The Morgan fingerprint density at radius 2 is 1.93 bits per heavy atom. The van der Waals surface area contributed by atoms with Crippen molar-refractivity contribution >= 4 is 23.0 Å². The molecule has 4 nitrogen and oxygen atoms in total. The van der Waals surface area contributed by atoms with Gasteiger partial charge in [-0.05, 0) is 43.2 Å². The highest BCUT2D eigenvalue weighted by molar-refractivity contribution is 6.04. The highest BCUT2D eigenvalue weighted by atomic mass is 19.2. The molecule has 6 heteroatoms. The molecule has 2 aromatic carbocycles. The highest BCUT2D eigenvalue weighted by Crippen LogP contribution is 2.37. The predicted octanol–water partition coefficient (Wildman–Crippen LogP) is 4.69. The number of fused-ring (bicyclic) bond motifs is 1. The zero-order valence-corrected chi connectivity index (χ0v) is 14.6. The summed E-state index contributed by atoms with van der Waals surface area (Å²) in [4.78, 5) is 18.9. The van der Waals surface area contributed by atoms with E-state index in [4.69, 9.17) is 0 Å². The van der Waals surface area contributed by atoms with Gasteiger partial charge in [0.25, 0.3) is 5.91 Å². The van der Waals surface area contributed by atoms with E-state index < -0.39 is 17.5 Å². The quantitative estimate of drug-likeness (QED) is 0.732. The van der Waals surface area contributed by atoms with Gasteiger partial charge in [0.05, 0.1) is 17.4 Å². The fourth-order valence-electron chi connectivity index (χ4n) is 3.42. The van der Waals surface area contributed by atoms with E-state index in [1.54, 1.807) is 12.3 Å². The van der Waals surface area contributed by atoms with Gasteiger partial charge in [0, 0.05) is 29.7 Å². The number of pyridine rings is 1. The van der Waals surface area contributed by atoms with Crippen molar-refractivity contribution in [1.82, 2.24) is 4.98 Å². The Bertz CT molecular complexity index is 1020. The second kappa shape index (κ2) is 6.79. The summed E-state index contributed by atoms with van der Waals surface area (Å²) in [7, 11) is 0. The summed E-state index contributed by atoms with van der Waals surface area (Å²) in [5.41, 5.74) is 3.69. The average Bonchev–Trinajstić information content (AvgIpc) is 3.00. The molecule has 0 saturated carbocycles. The topological polar surface area (TPSA) is 45.2 Å². The number of halogens is 2. The van der Waals surface area contributed by atoms with E-state index in [9.17, 15) is 13.6 Å². The van der Waals surface area contributed by atoms with Gasteiger partial charge in [0.2, 0.25) is 0 Å². The fraction of sp³-hybridized carbons (Fsp3) is 0.143. The smallest absolute Gasteiger partial charge is 0.257 e. The van der Waals surface area contributed by atoms with Crippen LogP contribution in [0.5, 0.6) is 0 Å². The molecule has 1 aromatic heterocycles. The van der Waals surface area contributed by atoms with Crippen LogP contribution in [0.3, 0.4) is 0 Å². The molecule has 2 heterocycles. The maximum atomic E-state index is 13.3. The molecule has 136 valence electrons. The lowest BCUT2D eigenvalue weighted by Crippen LogP contribution is -2.24. The summed E-state index contributed by atoms with van der Waals surface area (Å²) in [5.74, 6) is -2.41. The molecule has 1 aliphatic heterocycles. The molecule has 0 spiro atoms. The first-order valence-electron chi connectivity index (χ1n) is 8.61. The fourth-order valence-corrected chi connectivity index (χ4v) is 3.42. The van der Waals surface area contributed by atoms with Crippen molar-refractivity contribution in [3.63, 3.8) is 0 Å². The molecule has 0 fully saturated rings. The van der Waals surface area contributed by atoms with E-state index in [0.717, 1.165) is 29.9 Å². The number of carbonyl (C=O) groups is 1. The van der Waals surface area contributed by atoms with Crippen LogP contribution in [-0.2, 0) is 6.42 Å². The normalized spacial score (nSPS) is 15.5. The standard InChI is InChI=1S/C21H17F2N3O/c1-13-8-14-4-2-3-5-20(14)26(13)17-9-15(11-24-12-17)21(27)25-16-6-7-18(22)19(23)10-16/h2-7,9-13H,8H2,1H3,(H,25,27). The van der Waals surface area contributed by atoms with Gasteiger partial charge in [-0.15, -0.1) is 0 Å². The molecule has 1 aliphatic rings. The summed E-state index contributed by atoms with van der Waals surface area (Å²) in [6, 6.07) is 13.4. The molecule has 0 radical (unpaired) electrons. The number of nitrogens with one attached hydrogen (secondary N) is 1. The number of hydrogen-bond donors (Lipinski definition) is 1. The van der Waals surface area contributed by atoms with E-state index in [-0.39, 0.29) is 11.7 Å². The van der Waals surface area contributed by atoms with Crippen molar-refractivity contribution in [2.24, 2.45) is 0 Å². The number of amides is 1. The maximum Gasteiger partial charge on any atom is 0.257 e. The zero-order valence-electron chi connectivity index (χ0n) is 14.6. The molecule has 0 saturated heterocycles. The van der Waals surface area contributed by atoms with Gasteiger partial charge in [0.15, 0.2) is 11.6 Å². The third-order valence-corrected chi connectivity index (χ3v) is 4.65. The zero-order chi connectivity index (χ0) is 19.0. The number of hydrogen-bond acceptors (Lipinski definition) is 3. The average molecular weight is 365 g/mol. The Balaban J connectivity index is 1.61. The number of benzene rings is 2. The van der Waals surface area contributed by atoms with Crippen molar-refractivity contribution in [2.75, 3.05) is 10.2 Å². The predicted molar refractivity (Wildman–Crippen MR) is 100 cm³/mol. The number of carbonyl (C=O) groups excluding carboxylic acids is 1. The van der Waals surface area contributed by atoms with Crippen LogP contribution >= 0.6 is 0 Å². The number of para-hydroxylation sites is 1. The van der Waals surface area contributed by atoms with Crippen molar-refractivity contribution in [3.8, 4) is 0 Å². The molecule has 0 bridgehead atoms. The van der Waals surface area contributed by atoms with Crippen molar-refractivity contribution in [3.05, 3.63) is 83.7 Å². The largest absolute Gasteiger partial charge is 0.337 e. The van der Waals surface area contributed by atoms with Gasteiger partial charge < -0.3 is 10.2 Å². The van der Waals surface area contributed by atoms with E-state index in [1.165, 1.54) is 17.8 Å². The maximum absolute atomic E-state index is 13.3. The molecule has 1 amide bonds. The summed E-state index contributed by atoms with van der Waals surface area (Å²) < 4.78 is 26.4. The summed E-state index contributed by atoms with van der Waals surface area (Å²) in [6.45, 7) is 2.12. The van der Waals surface area contributed by atoms with Crippen LogP contribution in [0, 0.1) is 11.6 Å². The van der Waals surface area contributed by atoms with Crippen LogP contribution in [0.25, 0.3) is 0 Å². The number of rotatable bonds is 3. The Labute approximate surface area is 155 Å². The summed E-state index contributed by atoms with van der Waals surface area (Å²) in [6.07, 6.45) is 4.08. The molecule has 27 heavy (non-hydrogen) atoms. The number of aromatic nitrogens is 1. The minimum absolute atomic E-state index is 0.184. The van der Waals surface area contributed by atoms with E-state index in [1.807, 2.05) is 18.2 Å². The molecule has 4 rings (SSSR count). The molecule has 0 aliphatic carbocycles. The Morgan fingerprint density at radius 3 is 2.74 bits per heavy atom. The molecule has 3 aromatic rings. The van der Waals surface area contributed by atoms with Crippen molar-refractivity contribution in [2.45, 2.75) is 19.4 Å². The van der Waals surface area contributed by atoms with Gasteiger partial charge in [0.1, 0.15) is 0 Å². The lowest BCUT2D eigenvalue weighted by atomic mass is 10.1. The van der Waals surface area contributed by atoms with Crippen LogP contribution in [0.4, 0.5) is 25.8 Å². The van der Waals surface area contributed by atoms with Crippen LogP contribution in [0.15, 0.2) is 60.9 Å². The Kier molecular flexibility index (Phi) is 4.32. The second-order valence-corrected chi connectivity index (χ2v) is 6.57. The van der Waals surface area contributed by atoms with Gasteiger partial charge >= 0.3 is 0 Å². The molecule has 1 unspecified atom stereocenters. The highest BCUT2D eigenvalue weighted by Gasteiger charge is 2.27. The third kappa shape index (κ3) is 3.26. The first kappa shape index (κ1) is 17.1. The minimum Gasteiger partial charge on any atom is -0.337 e. The van der Waals surface area contributed by atoms with Gasteiger partial charge in [-0.25, -0.2) is 8.78 Å². The number of anilines is 3. The van der Waals surface area contributed by atoms with Crippen LogP contribution in [-0.4, -0.2) is 16.9 Å². The monoisotopic (exact) mass is 365 g/mol. The molecule has 1 atom stereocenters.